The minimum atomic E-state index is -0.926. The second kappa shape index (κ2) is 11.0. The van der Waals surface area contributed by atoms with E-state index in [1.54, 1.807) is 18.2 Å². The van der Waals surface area contributed by atoms with Crippen LogP contribution in [0.4, 0.5) is 13.2 Å². The fraction of sp³-hybridized carbons (Fsp3) is 0.321. The highest BCUT2D eigenvalue weighted by atomic mass is 19.2. The van der Waals surface area contributed by atoms with E-state index in [0.717, 1.165) is 0 Å². The summed E-state index contributed by atoms with van der Waals surface area (Å²) in [4.78, 5) is 12.5. The number of esters is 1. The van der Waals surface area contributed by atoms with Crippen molar-refractivity contribution in [3.8, 4) is 16.9 Å². The molecule has 7 heteroatoms. The first kappa shape index (κ1) is 24.8. The molecule has 3 aromatic carbocycles. The normalized spacial score (nSPS) is 17.8. The summed E-state index contributed by atoms with van der Waals surface area (Å²) in [6, 6.07) is 13.3. The number of hydrogen-bond donors (Lipinski definition) is 1. The zero-order valence-electron chi connectivity index (χ0n) is 19.4. The number of ether oxygens (including phenoxy) is 2. The Bertz CT molecular complexity index is 1190. The van der Waals surface area contributed by atoms with Crippen molar-refractivity contribution in [1.82, 2.24) is 0 Å². The van der Waals surface area contributed by atoms with E-state index in [-0.39, 0.29) is 29.4 Å². The zero-order valence-corrected chi connectivity index (χ0v) is 19.4. The van der Waals surface area contributed by atoms with Gasteiger partial charge in [0.05, 0.1) is 12.2 Å². The van der Waals surface area contributed by atoms with Gasteiger partial charge in [0.1, 0.15) is 17.7 Å². The summed E-state index contributed by atoms with van der Waals surface area (Å²) >= 11 is 0. The molecule has 0 atom stereocenters. The van der Waals surface area contributed by atoms with Gasteiger partial charge in [-0.15, -0.1) is 0 Å². The lowest BCUT2D eigenvalue weighted by molar-refractivity contribution is 0.0189. The average molecular weight is 485 g/mol. The quantitative estimate of drug-likeness (QED) is 0.371. The minimum Gasteiger partial charge on any atom is -0.508 e. The Labute approximate surface area is 202 Å². The summed E-state index contributed by atoms with van der Waals surface area (Å²) in [5, 5.41) is 9.41. The topological polar surface area (TPSA) is 55.8 Å². The smallest absolute Gasteiger partial charge is 0.341 e. The van der Waals surface area contributed by atoms with Crippen LogP contribution in [0.25, 0.3) is 11.1 Å². The fourth-order valence-corrected chi connectivity index (χ4v) is 4.48. The van der Waals surface area contributed by atoms with Gasteiger partial charge in [-0.25, -0.2) is 18.0 Å². The van der Waals surface area contributed by atoms with E-state index in [0.29, 0.717) is 49.0 Å². The Morgan fingerprint density at radius 3 is 2.31 bits per heavy atom. The van der Waals surface area contributed by atoms with E-state index >= 15 is 0 Å². The van der Waals surface area contributed by atoms with Crippen molar-refractivity contribution in [2.24, 2.45) is 0 Å². The molecule has 4 nitrogen and oxygen atoms in total. The molecule has 4 rings (SSSR count). The van der Waals surface area contributed by atoms with Gasteiger partial charge in [-0.05, 0) is 79.5 Å². The maximum Gasteiger partial charge on any atom is 0.341 e. The van der Waals surface area contributed by atoms with Gasteiger partial charge >= 0.3 is 5.97 Å². The van der Waals surface area contributed by atoms with Crippen LogP contribution in [0.3, 0.4) is 0 Å². The van der Waals surface area contributed by atoms with E-state index in [2.05, 4.69) is 0 Å². The van der Waals surface area contributed by atoms with Crippen molar-refractivity contribution in [1.29, 1.82) is 0 Å². The van der Waals surface area contributed by atoms with Crippen LogP contribution >= 0.6 is 0 Å². The van der Waals surface area contributed by atoms with Crippen molar-refractivity contribution in [3.63, 3.8) is 0 Å². The third kappa shape index (κ3) is 5.68. The fourth-order valence-electron chi connectivity index (χ4n) is 4.48. The molecule has 1 N–H and O–H groups in total. The summed E-state index contributed by atoms with van der Waals surface area (Å²) < 4.78 is 54.9. The van der Waals surface area contributed by atoms with Crippen LogP contribution in [0.1, 0.15) is 60.0 Å². The molecular formula is C28H27F3O4. The Kier molecular flexibility index (Phi) is 7.76. The highest BCUT2D eigenvalue weighted by molar-refractivity contribution is 5.89. The third-order valence-electron chi connectivity index (χ3n) is 6.40. The van der Waals surface area contributed by atoms with Gasteiger partial charge < -0.3 is 14.6 Å². The lowest BCUT2D eigenvalue weighted by Gasteiger charge is -2.29. The first-order valence-corrected chi connectivity index (χ1v) is 11.7. The molecule has 0 bridgehead atoms. The number of aromatic hydroxyl groups is 1. The van der Waals surface area contributed by atoms with Crippen LogP contribution in [-0.4, -0.2) is 23.8 Å². The Morgan fingerprint density at radius 2 is 1.66 bits per heavy atom. The zero-order chi connectivity index (χ0) is 24.9. The molecule has 184 valence electrons. The Balaban J connectivity index is 1.38. The molecule has 1 aliphatic rings. The lowest BCUT2D eigenvalue weighted by Crippen LogP contribution is -2.25. The maximum atomic E-state index is 14.9. The summed E-state index contributed by atoms with van der Waals surface area (Å²) in [5.74, 6) is -3.36. The van der Waals surface area contributed by atoms with E-state index in [9.17, 15) is 23.1 Å². The first-order valence-electron chi connectivity index (χ1n) is 11.7. The minimum absolute atomic E-state index is 0.0463. The number of halogens is 3. The second-order valence-corrected chi connectivity index (χ2v) is 8.71. The van der Waals surface area contributed by atoms with Gasteiger partial charge in [-0.2, -0.15) is 0 Å². The molecule has 3 aromatic rings. The summed E-state index contributed by atoms with van der Waals surface area (Å²) in [7, 11) is 0. The van der Waals surface area contributed by atoms with Crippen molar-refractivity contribution in [3.05, 3.63) is 88.7 Å². The molecule has 0 radical (unpaired) electrons. The van der Waals surface area contributed by atoms with Gasteiger partial charge in [-0.3, -0.25) is 0 Å². The molecule has 0 aromatic heterocycles. The summed E-state index contributed by atoms with van der Waals surface area (Å²) in [6.07, 6.45) is 1.57. The standard InChI is InChI=1S/C28H27F3O4/c1-2-34-16-17-3-12-24(25(29)15-17)28(33)35-21-10-6-19(7-11-21)23-14-13-22(26(30)27(23)31)18-4-8-20(32)9-5-18/h3-5,8-9,12-15,19,21,32H,2,6-7,10-11,16H2,1H3. The van der Waals surface area contributed by atoms with Crippen molar-refractivity contribution >= 4 is 5.97 Å². The number of carbonyl (C=O) groups excluding carboxylic acids is 1. The molecule has 0 spiro atoms. The SMILES string of the molecule is CCOCc1ccc(C(=O)OC2CCC(c3ccc(-c4ccc(O)cc4)c(F)c3F)CC2)c(F)c1. The van der Waals surface area contributed by atoms with Gasteiger partial charge in [0.25, 0.3) is 0 Å². The number of rotatable bonds is 7. The third-order valence-corrected chi connectivity index (χ3v) is 6.40. The van der Waals surface area contributed by atoms with Gasteiger partial charge in [0.2, 0.25) is 0 Å². The molecular weight excluding hydrogens is 457 g/mol. The Morgan fingerprint density at radius 1 is 0.943 bits per heavy atom. The largest absolute Gasteiger partial charge is 0.508 e. The van der Waals surface area contributed by atoms with Gasteiger partial charge in [-0.1, -0.05) is 30.3 Å². The predicted octanol–water partition coefficient (Wildman–Crippen LogP) is 6.90. The van der Waals surface area contributed by atoms with E-state index in [1.807, 2.05) is 6.92 Å². The second-order valence-electron chi connectivity index (χ2n) is 8.71. The predicted molar refractivity (Wildman–Crippen MR) is 126 cm³/mol. The first-order chi connectivity index (χ1) is 16.9. The maximum absolute atomic E-state index is 14.9. The molecule has 1 saturated carbocycles. The number of hydrogen-bond acceptors (Lipinski definition) is 4. The molecule has 0 amide bonds. The molecule has 0 heterocycles. The van der Waals surface area contributed by atoms with Crippen LogP contribution in [0.2, 0.25) is 0 Å². The lowest BCUT2D eigenvalue weighted by atomic mass is 9.82. The number of phenolic OH excluding ortho intramolecular Hbond substituents is 1. The number of benzene rings is 3. The molecule has 0 unspecified atom stereocenters. The Hall–Kier alpha value is -3.32. The summed E-state index contributed by atoms with van der Waals surface area (Å²) in [6.45, 7) is 2.61. The monoisotopic (exact) mass is 484 g/mol. The summed E-state index contributed by atoms with van der Waals surface area (Å²) in [5.41, 5.74) is 1.39. The van der Waals surface area contributed by atoms with Crippen molar-refractivity contribution < 1.29 is 32.5 Å². The van der Waals surface area contributed by atoms with Gasteiger partial charge in [0.15, 0.2) is 11.6 Å². The molecule has 1 aliphatic carbocycles. The number of phenols is 1. The highest BCUT2D eigenvalue weighted by Gasteiger charge is 2.29. The van der Waals surface area contributed by atoms with Crippen LogP contribution in [0.5, 0.6) is 5.75 Å². The van der Waals surface area contributed by atoms with Crippen LogP contribution < -0.4 is 0 Å². The number of carbonyl (C=O) groups is 1. The van der Waals surface area contributed by atoms with Crippen molar-refractivity contribution in [2.75, 3.05) is 6.61 Å². The molecule has 0 aliphatic heterocycles. The molecule has 35 heavy (non-hydrogen) atoms. The molecule has 0 saturated heterocycles. The van der Waals surface area contributed by atoms with E-state index < -0.39 is 29.5 Å². The van der Waals surface area contributed by atoms with Crippen LogP contribution in [0.15, 0.2) is 54.6 Å². The highest BCUT2D eigenvalue weighted by Crippen LogP contribution is 2.38. The van der Waals surface area contributed by atoms with Crippen LogP contribution in [-0.2, 0) is 16.1 Å². The van der Waals surface area contributed by atoms with Gasteiger partial charge in [0, 0.05) is 12.2 Å². The van der Waals surface area contributed by atoms with E-state index in [1.165, 1.54) is 36.4 Å². The van der Waals surface area contributed by atoms with Crippen molar-refractivity contribution in [2.45, 2.75) is 51.2 Å². The van der Waals surface area contributed by atoms with Crippen LogP contribution in [0, 0.1) is 17.5 Å². The average Bonchev–Trinajstić information content (AvgIpc) is 2.85. The van der Waals surface area contributed by atoms with E-state index in [4.69, 9.17) is 9.47 Å². The molecule has 1 fully saturated rings.